The number of rotatable bonds is 6. The van der Waals surface area contributed by atoms with Crippen LogP contribution in [0.25, 0.3) is 0 Å². The van der Waals surface area contributed by atoms with E-state index in [1.807, 2.05) is 0 Å². The lowest BCUT2D eigenvalue weighted by Gasteiger charge is -2.21. The van der Waals surface area contributed by atoms with Crippen molar-refractivity contribution in [2.75, 3.05) is 31.7 Å². The van der Waals surface area contributed by atoms with Gasteiger partial charge in [0.25, 0.3) is 0 Å². The number of carbonyl (C=O) groups excluding carboxylic acids is 2. The Morgan fingerprint density at radius 3 is 2.70 bits per heavy atom. The molecule has 0 aliphatic heterocycles. The molecule has 0 aromatic heterocycles. The molecule has 20 heavy (non-hydrogen) atoms. The van der Waals surface area contributed by atoms with Gasteiger partial charge >= 0.3 is 0 Å². The molecule has 110 valence electrons. The van der Waals surface area contributed by atoms with Gasteiger partial charge in [0.1, 0.15) is 12.4 Å². The van der Waals surface area contributed by atoms with E-state index >= 15 is 0 Å². The number of ether oxygens (including phenoxy) is 1. The number of anilines is 1. The molecule has 0 saturated heterocycles. The summed E-state index contributed by atoms with van der Waals surface area (Å²) in [5.41, 5.74) is 0.366. The van der Waals surface area contributed by atoms with Crippen LogP contribution in [-0.4, -0.2) is 38.6 Å². The number of amides is 2. The number of benzene rings is 1. The second-order valence-electron chi connectivity index (χ2n) is 4.05. The fraction of sp³-hybridized carbons (Fsp3) is 0.385. The molecule has 7 heteroatoms. The van der Waals surface area contributed by atoms with Crippen LogP contribution in [0, 0.1) is 5.82 Å². The molecule has 0 aliphatic carbocycles. The van der Waals surface area contributed by atoms with E-state index in [1.165, 1.54) is 31.1 Å². The highest BCUT2D eigenvalue weighted by Gasteiger charge is 2.16. The first-order chi connectivity index (χ1) is 9.45. The molecule has 0 radical (unpaired) electrons. The van der Waals surface area contributed by atoms with E-state index in [-0.39, 0.29) is 23.4 Å². The Bertz CT molecular complexity index is 497. The monoisotopic (exact) mass is 302 g/mol. The highest BCUT2D eigenvalue weighted by atomic mass is 35.5. The maximum absolute atomic E-state index is 13.1. The molecule has 0 bridgehead atoms. The summed E-state index contributed by atoms with van der Waals surface area (Å²) in [6.07, 6.45) is 0. The SMILES string of the molecule is COCCNC(=O)CN(C(C)=O)c1ccc(F)c(Cl)c1. The van der Waals surface area contributed by atoms with Crippen LogP contribution >= 0.6 is 11.6 Å². The van der Waals surface area contributed by atoms with Gasteiger partial charge in [-0.05, 0) is 18.2 Å². The van der Waals surface area contributed by atoms with Crippen LogP contribution in [0.1, 0.15) is 6.92 Å². The molecule has 0 spiro atoms. The first kappa shape index (κ1) is 16.4. The van der Waals surface area contributed by atoms with Crippen LogP contribution in [0.3, 0.4) is 0 Å². The Kier molecular flexibility index (Phi) is 6.41. The van der Waals surface area contributed by atoms with Crippen molar-refractivity contribution in [3.8, 4) is 0 Å². The molecule has 1 N–H and O–H groups in total. The summed E-state index contributed by atoms with van der Waals surface area (Å²) in [4.78, 5) is 24.5. The molecule has 0 aliphatic rings. The van der Waals surface area contributed by atoms with Gasteiger partial charge in [0, 0.05) is 26.3 Å². The lowest BCUT2D eigenvalue weighted by Crippen LogP contribution is -2.40. The molecule has 1 aromatic rings. The molecular formula is C13H16ClFN2O3. The number of carbonyl (C=O) groups is 2. The molecule has 0 heterocycles. The predicted molar refractivity (Wildman–Crippen MR) is 74.3 cm³/mol. The van der Waals surface area contributed by atoms with E-state index < -0.39 is 5.82 Å². The lowest BCUT2D eigenvalue weighted by atomic mass is 10.2. The van der Waals surface area contributed by atoms with Crippen LogP contribution in [0.5, 0.6) is 0 Å². The van der Waals surface area contributed by atoms with Crippen LogP contribution < -0.4 is 10.2 Å². The predicted octanol–water partition coefficient (Wildman–Crippen LogP) is 1.59. The number of hydrogen-bond donors (Lipinski definition) is 1. The Labute approximate surface area is 121 Å². The van der Waals surface area contributed by atoms with Crippen molar-refractivity contribution in [3.05, 3.63) is 29.0 Å². The number of nitrogens with zero attached hydrogens (tertiary/aromatic N) is 1. The minimum Gasteiger partial charge on any atom is -0.383 e. The first-order valence-corrected chi connectivity index (χ1v) is 6.32. The second kappa shape index (κ2) is 7.81. The quantitative estimate of drug-likeness (QED) is 0.812. The molecule has 0 unspecified atom stereocenters. The fourth-order valence-electron chi connectivity index (χ4n) is 1.53. The minimum atomic E-state index is -0.580. The molecule has 0 fully saturated rings. The van der Waals surface area contributed by atoms with E-state index in [4.69, 9.17) is 16.3 Å². The third-order valence-corrected chi connectivity index (χ3v) is 2.81. The molecule has 2 amide bonds. The molecule has 0 saturated carbocycles. The fourth-order valence-corrected chi connectivity index (χ4v) is 1.70. The highest BCUT2D eigenvalue weighted by Crippen LogP contribution is 2.22. The third kappa shape index (κ3) is 4.79. The summed E-state index contributed by atoms with van der Waals surface area (Å²) in [5.74, 6) is -1.25. The average molecular weight is 303 g/mol. The summed E-state index contributed by atoms with van der Waals surface area (Å²) < 4.78 is 17.9. The van der Waals surface area contributed by atoms with Gasteiger partial charge in [-0.2, -0.15) is 0 Å². The topological polar surface area (TPSA) is 58.6 Å². The van der Waals surface area contributed by atoms with E-state index in [0.29, 0.717) is 18.8 Å². The Morgan fingerprint density at radius 2 is 2.15 bits per heavy atom. The molecule has 5 nitrogen and oxygen atoms in total. The summed E-state index contributed by atoms with van der Waals surface area (Å²) in [6.45, 7) is 1.89. The molecular weight excluding hydrogens is 287 g/mol. The Morgan fingerprint density at radius 1 is 1.45 bits per heavy atom. The number of methoxy groups -OCH3 is 1. The van der Waals surface area contributed by atoms with Gasteiger partial charge < -0.3 is 15.0 Å². The van der Waals surface area contributed by atoms with Gasteiger partial charge in [0.05, 0.1) is 11.6 Å². The maximum atomic E-state index is 13.1. The largest absolute Gasteiger partial charge is 0.383 e. The zero-order valence-corrected chi connectivity index (χ0v) is 12.0. The third-order valence-electron chi connectivity index (χ3n) is 2.53. The van der Waals surface area contributed by atoms with Crippen LogP contribution in [0.4, 0.5) is 10.1 Å². The summed E-state index contributed by atoms with van der Waals surface area (Å²) in [7, 11) is 1.52. The first-order valence-electron chi connectivity index (χ1n) is 5.94. The van der Waals surface area contributed by atoms with Crippen molar-refractivity contribution in [3.63, 3.8) is 0 Å². The van der Waals surface area contributed by atoms with E-state index in [1.54, 1.807) is 0 Å². The lowest BCUT2D eigenvalue weighted by molar-refractivity contribution is -0.123. The normalized spacial score (nSPS) is 10.2. The molecule has 0 atom stereocenters. The minimum absolute atomic E-state index is 0.103. The van der Waals surface area contributed by atoms with Crippen molar-refractivity contribution in [2.24, 2.45) is 0 Å². The zero-order chi connectivity index (χ0) is 15.1. The summed E-state index contributed by atoms with van der Waals surface area (Å²) in [6, 6.07) is 3.85. The van der Waals surface area contributed by atoms with Crippen molar-refractivity contribution < 1.29 is 18.7 Å². The number of halogens is 2. The number of nitrogens with one attached hydrogen (secondary N) is 1. The van der Waals surface area contributed by atoms with Gasteiger partial charge in [0.15, 0.2) is 0 Å². The van der Waals surface area contributed by atoms with Gasteiger partial charge in [-0.25, -0.2) is 4.39 Å². The summed E-state index contributed by atoms with van der Waals surface area (Å²) in [5, 5.41) is 2.50. The van der Waals surface area contributed by atoms with Crippen LogP contribution in [-0.2, 0) is 14.3 Å². The van der Waals surface area contributed by atoms with Crippen molar-refractivity contribution >= 4 is 29.1 Å². The molecule has 1 aromatic carbocycles. The second-order valence-corrected chi connectivity index (χ2v) is 4.45. The Hall–Kier alpha value is -1.66. The summed E-state index contributed by atoms with van der Waals surface area (Å²) >= 11 is 5.67. The number of hydrogen-bond acceptors (Lipinski definition) is 3. The highest BCUT2D eigenvalue weighted by molar-refractivity contribution is 6.31. The van der Waals surface area contributed by atoms with Crippen molar-refractivity contribution in [1.29, 1.82) is 0 Å². The van der Waals surface area contributed by atoms with Gasteiger partial charge in [0.2, 0.25) is 11.8 Å². The average Bonchev–Trinajstić information content (AvgIpc) is 2.39. The Balaban J connectivity index is 2.76. The smallest absolute Gasteiger partial charge is 0.240 e. The van der Waals surface area contributed by atoms with E-state index in [2.05, 4.69) is 5.32 Å². The van der Waals surface area contributed by atoms with Crippen LogP contribution in [0.15, 0.2) is 18.2 Å². The standard InChI is InChI=1S/C13H16ClFN2O3/c1-9(18)17(8-13(19)16-5-6-20-2)10-3-4-12(15)11(14)7-10/h3-4,7H,5-6,8H2,1-2H3,(H,16,19). The van der Waals surface area contributed by atoms with E-state index in [0.717, 1.165) is 6.07 Å². The van der Waals surface area contributed by atoms with Crippen LogP contribution in [0.2, 0.25) is 5.02 Å². The van der Waals surface area contributed by atoms with Crippen molar-refractivity contribution in [1.82, 2.24) is 5.32 Å². The van der Waals surface area contributed by atoms with Crippen molar-refractivity contribution in [2.45, 2.75) is 6.92 Å². The maximum Gasteiger partial charge on any atom is 0.240 e. The van der Waals surface area contributed by atoms with Gasteiger partial charge in [-0.3, -0.25) is 9.59 Å². The molecule has 1 rings (SSSR count). The zero-order valence-electron chi connectivity index (χ0n) is 11.3. The van der Waals surface area contributed by atoms with Gasteiger partial charge in [-0.15, -0.1) is 0 Å². The van der Waals surface area contributed by atoms with Gasteiger partial charge in [-0.1, -0.05) is 11.6 Å². The van der Waals surface area contributed by atoms with E-state index in [9.17, 15) is 14.0 Å².